The molecule has 0 amide bonds. The molecule has 0 aliphatic carbocycles. The van der Waals surface area contributed by atoms with Crippen LogP contribution in [0.2, 0.25) is 0 Å². The second kappa shape index (κ2) is 4.37. The van der Waals surface area contributed by atoms with Crippen LogP contribution in [0.15, 0.2) is 14.2 Å². The van der Waals surface area contributed by atoms with E-state index in [4.69, 9.17) is 0 Å². The van der Waals surface area contributed by atoms with Crippen molar-refractivity contribution < 1.29 is 0 Å². The molecule has 1 aromatic rings. The van der Waals surface area contributed by atoms with E-state index in [1.54, 1.807) is 25.0 Å². The van der Waals surface area contributed by atoms with Crippen LogP contribution in [0.4, 0.5) is 5.69 Å². The molecule has 1 aromatic heterocycles. The largest absolute Gasteiger partial charge is 0.294 e. The van der Waals surface area contributed by atoms with Gasteiger partial charge in [0.25, 0.3) is 0 Å². The maximum absolute atomic E-state index is 4.19. The summed E-state index contributed by atoms with van der Waals surface area (Å²) in [5, 5.41) is 0. The maximum Gasteiger partial charge on any atom is 0.121 e. The number of aromatic nitrogens is 1. The molecule has 0 unspecified atom stereocenters. The third kappa shape index (κ3) is 1.73. The Hall–Kier alpha value is -0.680. The lowest BCUT2D eigenvalue weighted by molar-refractivity contribution is 1.40. The van der Waals surface area contributed by atoms with Crippen LogP contribution in [0.25, 0.3) is 0 Å². The van der Waals surface area contributed by atoms with Crippen LogP contribution in [0.1, 0.15) is 5.69 Å². The summed E-state index contributed by atoms with van der Waals surface area (Å²) in [5.41, 5.74) is 1.65. The van der Waals surface area contributed by atoms with E-state index < -0.39 is 0 Å². The molecule has 0 aliphatic heterocycles. The van der Waals surface area contributed by atoms with Crippen molar-refractivity contribution in [1.82, 2.24) is 4.37 Å². The Morgan fingerprint density at radius 3 is 2.92 bits per heavy atom. The Balaban J connectivity index is 3.13. The van der Waals surface area contributed by atoms with Crippen LogP contribution in [-0.2, 0) is 0 Å². The molecule has 0 saturated heterocycles. The molecule has 0 saturated carbocycles. The van der Waals surface area contributed by atoms with Crippen LogP contribution in [0.3, 0.4) is 0 Å². The second-order valence-corrected chi connectivity index (χ2v) is 3.80. The Morgan fingerprint density at radius 2 is 2.42 bits per heavy atom. The highest BCUT2D eigenvalue weighted by atomic mass is 32.2. The summed E-state index contributed by atoms with van der Waals surface area (Å²) in [5.74, 6) is 0. The van der Waals surface area contributed by atoms with Crippen molar-refractivity contribution in [1.29, 1.82) is 0 Å². The molecule has 5 heteroatoms. The number of thioether (sulfide) groups is 1. The quantitative estimate of drug-likeness (QED) is 0.553. The molecule has 64 valence electrons. The SMILES string of the molecule is C=Nc1c(C=NC)nsc1SC. The molecule has 0 atom stereocenters. The third-order valence-corrected chi connectivity index (χ3v) is 3.19. The molecule has 0 aromatic carbocycles. The molecule has 0 fully saturated rings. The van der Waals surface area contributed by atoms with E-state index >= 15 is 0 Å². The van der Waals surface area contributed by atoms with Crippen molar-refractivity contribution in [3.8, 4) is 0 Å². The minimum Gasteiger partial charge on any atom is -0.294 e. The zero-order valence-corrected chi connectivity index (χ0v) is 8.58. The Kier molecular flexibility index (Phi) is 3.43. The summed E-state index contributed by atoms with van der Waals surface area (Å²) >= 11 is 3.06. The van der Waals surface area contributed by atoms with Crippen molar-refractivity contribution >= 4 is 41.9 Å². The van der Waals surface area contributed by atoms with E-state index in [-0.39, 0.29) is 0 Å². The first-order valence-electron chi connectivity index (χ1n) is 3.26. The highest BCUT2D eigenvalue weighted by Crippen LogP contribution is 2.33. The minimum atomic E-state index is 0.807. The number of hydrogen-bond donors (Lipinski definition) is 0. The van der Waals surface area contributed by atoms with Gasteiger partial charge in [0.2, 0.25) is 0 Å². The molecule has 1 heterocycles. The lowest BCUT2D eigenvalue weighted by Crippen LogP contribution is -1.78. The van der Waals surface area contributed by atoms with Crippen molar-refractivity contribution in [2.45, 2.75) is 4.21 Å². The third-order valence-electron chi connectivity index (χ3n) is 1.26. The molecular formula is C7H9N3S2. The van der Waals surface area contributed by atoms with Crippen molar-refractivity contribution in [3.63, 3.8) is 0 Å². The first kappa shape index (κ1) is 9.41. The first-order chi connectivity index (χ1) is 5.83. The van der Waals surface area contributed by atoms with E-state index in [9.17, 15) is 0 Å². The van der Waals surface area contributed by atoms with Gasteiger partial charge in [0.15, 0.2) is 0 Å². The predicted octanol–water partition coefficient (Wildman–Crippen LogP) is 2.25. The molecule has 0 spiro atoms. The highest BCUT2D eigenvalue weighted by Gasteiger charge is 2.08. The summed E-state index contributed by atoms with van der Waals surface area (Å²) in [6.07, 6.45) is 3.69. The van der Waals surface area contributed by atoms with Crippen LogP contribution < -0.4 is 0 Å². The monoisotopic (exact) mass is 199 g/mol. The van der Waals surface area contributed by atoms with Gasteiger partial charge >= 0.3 is 0 Å². The normalized spacial score (nSPS) is 10.8. The van der Waals surface area contributed by atoms with Crippen molar-refractivity contribution in [2.24, 2.45) is 9.98 Å². The fourth-order valence-electron chi connectivity index (χ4n) is 0.768. The van der Waals surface area contributed by atoms with Gasteiger partial charge in [-0.25, -0.2) is 0 Å². The predicted molar refractivity (Wildman–Crippen MR) is 56.6 cm³/mol. The topological polar surface area (TPSA) is 37.6 Å². The van der Waals surface area contributed by atoms with Gasteiger partial charge in [-0.1, -0.05) is 0 Å². The van der Waals surface area contributed by atoms with Gasteiger partial charge < -0.3 is 0 Å². The van der Waals surface area contributed by atoms with Gasteiger partial charge in [-0.3, -0.25) is 9.98 Å². The Bertz CT molecular complexity index is 304. The van der Waals surface area contributed by atoms with E-state index in [1.807, 2.05) is 6.26 Å². The molecular weight excluding hydrogens is 190 g/mol. The van der Waals surface area contributed by atoms with Gasteiger partial charge in [-0.05, 0) is 24.5 Å². The molecule has 0 N–H and O–H groups in total. The van der Waals surface area contributed by atoms with E-state index in [1.165, 1.54) is 11.5 Å². The zero-order valence-electron chi connectivity index (χ0n) is 6.94. The summed E-state index contributed by atoms with van der Waals surface area (Å²) in [6, 6.07) is 0. The van der Waals surface area contributed by atoms with Gasteiger partial charge in [0, 0.05) is 13.3 Å². The average Bonchev–Trinajstić information content (AvgIpc) is 2.47. The Labute approximate surface area is 79.8 Å². The number of hydrogen-bond acceptors (Lipinski definition) is 5. The van der Waals surface area contributed by atoms with Gasteiger partial charge in [0.1, 0.15) is 15.6 Å². The van der Waals surface area contributed by atoms with Crippen molar-refractivity contribution in [3.05, 3.63) is 5.69 Å². The van der Waals surface area contributed by atoms with Crippen molar-refractivity contribution in [2.75, 3.05) is 13.3 Å². The average molecular weight is 199 g/mol. The van der Waals surface area contributed by atoms with Crippen LogP contribution >= 0.6 is 23.3 Å². The minimum absolute atomic E-state index is 0.807. The second-order valence-electron chi connectivity index (χ2n) is 1.95. The van der Waals surface area contributed by atoms with Crippen LogP contribution in [0, 0.1) is 0 Å². The summed E-state index contributed by atoms with van der Waals surface area (Å²) in [4.78, 5) is 7.79. The van der Waals surface area contributed by atoms with Crippen LogP contribution in [-0.4, -0.2) is 30.6 Å². The first-order valence-corrected chi connectivity index (χ1v) is 5.25. The molecule has 1 rings (SSSR count). The standard InChI is InChI=1S/C7H9N3S2/c1-8-4-5-6(9-2)7(11-3)12-10-5/h4H,2H2,1,3H3. The summed E-state index contributed by atoms with van der Waals surface area (Å²) in [7, 11) is 1.71. The van der Waals surface area contributed by atoms with E-state index in [0.29, 0.717) is 0 Å². The molecule has 3 nitrogen and oxygen atoms in total. The summed E-state index contributed by atoms with van der Waals surface area (Å²) in [6.45, 7) is 3.50. The smallest absolute Gasteiger partial charge is 0.121 e. The van der Waals surface area contributed by atoms with Crippen LogP contribution in [0.5, 0.6) is 0 Å². The van der Waals surface area contributed by atoms with Gasteiger partial charge in [-0.2, -0.15) is 4.37 Å². The molecule has 12 heavy (non-hydrogen) atoms. The highest BCUT2D eigenvalue weighted by molar-refractivity contribution is 8.00. The summed E-state index contributed by atoms with van der Waals surface area (Å²) < 4.78 is 5.27. The number of aliphatic imine (C=N–C) groups is 2. The van der Waals surface area contributed by atoms with Gasteiger partial charge in [0.05, 0.1) is 0 Å². The number of nitrogens with zero attached hydrogens (tertiary/aromatic N) is 3. The molecule has 0 aliphatic rings. The zero-order chi connectivity index (χ0) is 8.97. The van der Waals surface area contributed by atoms with E-state index in [0.717, 1.165) is 15.6 Å². The molecule has 0 bridgehead atoms. The fourth-order valence-corrected chi connectivity index (χ4v) is 2.11. The Morgan fingerprint density at radius 1 is 1.67 bits per heavy atom. The van der Waals surface area contributed by atoms with E-state index in [2.05, 4.69) is 21.1 Å². The molecule has 0 radical (unpaired) electrons. The lowest BCUT2D eigenvalue weighted by atomic mass is 10.4. The maximum atomic E-state index is 4.19. The van der Waals surface area contributed by atoms with Gasteiger partial charge in [-0.15, -0.1) is 11.8 Å². The lowest BCUT2D eigenvalue weighted by Gasteiger charge is -1.90. The fraction of sp³-hybridized carbons (Fsp3) is 0.286. The number of rotatable bonds is 3.